The molecule has 2 unspecified atom stereocenters. The Balaban J connectivity index is 0.00000208. The van der Waals surface area contributed by atoms with Crippen molar-refractivity contribution in [3.05, 3.63) is 65.5 Å². The van der Waals surface area contributed by atoms with E-state index in [0.29, 0.717) is 18.7 Å². The first-order valence-electron chi connectivity index (χ1n) is 7.92. The summed E-state index contributed by atoms with van der Waals surface area (Å²) in [7, 11) is 0. The summed E-state index contributed by atoms with van der Waals surface area (Å²) >= 11 is 0. The highest BCUT2D eigenvalue weighted by Crippen LogP contribution is 2.32. The Labute approximate surface area is 148 Å². The lowest BCUT2D eigenvalue weighted by molar-refractivity contribution is -0.131. The number of amides is 1. The third kappa shape index (κ3) is 4.06. The highest BCUT2D eigenvalue weighted by molar-refractivity contribution is 5.85. The average molecular weight is 349 g/mol. The number of likely N-dealkylation sites (tertiary alicyclic amines) is 1. The van der Waals surface area contributed by atoms with Crippen LogP contribution in [0.4, 0.5) is 10.1 Å². The summed E-state index contributed by atoms with van der Waals surface area (Å²) in [6.45, 7) is 2.77. The number of benzene rings is 2. The van der Waals surface area contributed by atoms with Crippen LogP contribution in [0.5, 0.6) is 0 Å². The molecule has 1 aliphatic heterocycles. The molecule has 128 valence electrons. The van der Waals surface area contributed by atoms with Crippen LogP contribution >= 0.6 is 12.4 Å². The molecule has 2 aromatic carbocycles. The van der Waals surface area contributed by atoms with E-state index < -0.39 is 0 Å². The summed E-state index contributed by atoms with van der Waals surface area (Å²) in [5.41, 5.74) is 8.45. The topological polar surface area (TPSA) is 46.3 Å². The fourth-order valence-electron chi connectivity index (χ4n) is 3.27. The number of anilines is 1. The third-order valence-corrected chi connectivity index (χ3v) is 4.57. The van der Waals surface area contributed by atoms with Crippen molar-refractivity contribution < 1.29 is 9.18 Å². The summed E-state index contributed by atoms with van der Waals surface area (Å²) in [6.07, 6.45) is 1.31. The summed E-state index contributed by atoms with van der Waals surface area (Å²) in [5.74, 6) is 0.184. The number of halogens is 2. The number of nitrogens with zero attached hydrogens (tertiary/aromatic N) is 1. The number of rotatable bonds is 3. The summed E-state index contributed by atoms with van der Waals surface area (Å²) in [5, 5.41) is 0. The van der Waals surface area contributed by atoms with Crippen LogP contribution in [-0.2, 0) is 11.2 Å². The van der Waals surface area contributed by atoms with Gasteiger partial charge in [-0.15, -0.1) is 12.4 Å². The molecule has 1 saturated heterocycles. The maximum atomic E-state index is 13.1. The third-order valence-electron chi connectivity index (χ3n) is 4.57. The van der Waals surface area contributed by atoms with Crippen LogP contribution in [0, 0.1) is 5.82 Å². The van der Waals surface area contributed by atoms with Crippen molar-refractivity contribution >= 4 is 24.0 Å². The molecule has 3 nitrogen and oxygen atoms in total. The highest BCUT2D eigenvalue weighted by atomic mass is 35.5. The van der Waals surface area contributed by atoms with Crippen LogP contribution in [-0.4, -0.2) is 23.4 Å². The van der Waals surface area contributed by atoms with Crippen molar-refractivity contribution in [3.63, 3.8) is 0 Å². The Hall–Kier alpha value is -2.07. The van der Waals surface area contributed by atoms with E-state index >= 15 is 0 Å². The maximum absolute atomic E-state index is 13.1. The molecule has 0 aromatic heterocycles. The van der Waals surface area contributed by atoms with Gasteiger partial charge in [0, 0.05) is 24.2 Å². The van der Waals surface area contributed by atoms with Gasteiger partial charge in [0.1, 0.15) is 5.82 Å². The van der Waals surface area contributed by atoms with Gasteiger partial charge in [0.05, 0.1) is 6.42 Å². The Bertz CT molecular complexity index is 688. The molecule has 0 radical (unpaired) electrons. The second kappa shape index (κ2) is 7.67. The number of nitrogen functional groups attached to an aromatic ring is 1. The fourth-order valence-corrected chi connectivity index (χ4v) is 3.27. The molecule has 2 aromatic rings. The Kier molecular flexibility index (Phi) is 5.84. The van der Waals surface area contributed by atoms with E-state index in [1.165, 1.54) is 12.1 Å². The summed E-state index contributed by atoms with van der Waals surface area (Å²) in [6, 6.07) is 14.2. The molecule has 1 heterocycles. The average Bonchev–Trinajstić information content (AvgIpc) is 2.92. The normalized spacial score (nSPS) is 19.8. The Morgan fingerprint density at radius 2 is 1.79 bits per heavy atom. The van der Waals surface area contributed by atoms with E-state index in [-0.39, 0.29) is 36.1 Å². The summed E-state index contributed by atoms with van der Waals surface area (Å²) < 4.78 is 13.1. The molecule has 1 aliphatic rings. The van der Waals surface area contributed by atoms with Gasteiger partial charge in [0.2, 0.25) is 5.91 Å². The molecule has 0 saturated carbocycles. The molecule has 5 heteroatoms. The standard InChI is InChI=1S/C19H21FN2O.ClH/c1-13-10-16(15-4-6-17(20)7-5-15)12-22(13)19(23)11-14-2-8-18(21)9-3-14;/h2-9,13,16H,10-12,21H2,1H3;1H. The minimum absolute atomic E-state index is 0. The molecule has 0 spiro atoms. The van der Waals surface area contributed by atoms with Gasteiger partial charge in [-0.05, 0) is 48.7 Å². The predicted molar refractivity (Wildman–Crippen MR) is 96.7 cm³/mol. The van der Waals surface area contributed by atoms with Gasteiger partial charge in [-0.25, -0.2) is 4.39 Å². The smallest absolute Gasteiger partial charge is 0.227 e. The number of hydrogen-bond donors (Lipinski definition) is 1. The van der Waals surface area contributed by atoms with Crippen LogP contribution in [0.1, 0.15) is 30.4 Å². The van der Waals surface area contributed by atoms with E-state index in [1.807, 2.05) is 41.3 Å². The van der Waals surface area contributed by atoms with Gasteiger partial charge in [-0.2, -0.15) is 0 Å². The van der Waals surface area contributed by atoms with E-state index in [0.717, 1.165) is 17.5 Å². The van der Waals surface area contributed by atoms with E-state index in [4.69, 9.17) is 5.73 Å². The van der Waals surface area contributed by atoms with Crippen molar-refractivity contribution in [2.24, 2.45) is 0 Å². The predicted octanol–water partition coefficient (Wildman–Crippen LogP) is 3.78. The first-order valence-corrected chi connectivity index (χ1v) is 7.92. The number of hydrogen-bond acceptors (Lipinski definition) is 2. The number of carbonyl (C=O) groups is 1. The minimum Gasteiger partial charge on any atom is -0.399 e. The Morgan fingerprint density at radius 3 is 2.42 bits per heavy atom. The zero-order chi connectivity index (χ0) is 16.4. The van der Waals surface area contributed by atoms with Crippen LogP contribution in [0.15, 0.2) is 48.5 Å². The lowest BCUT2D eigenvalue weighted by Crippen LogP contribution is -2.35. The Morgan fingerprint density at radius 1 is 1.17 bits per heavy atom. The molecule has 24 heavy (non-hydrogen) atoms. The van der Waals surface area contributed by atoms with Gasteiger partial charge in [-0.3, -0.25) is 4.79 Å². The molecule has 3 rings (SSSR count). The largest absolute Gasteiger partial charge is 0.399 e. The minimum atomic E-state index is -0.226. The second-order valence-electron chi connectivity index (χ2n) is 6.30. The maximum Gasteiger partial charge on any atom is 0.227 e. The lowest BCUT2D eigenvalue weighted by atomic mass is 9.97. The first-order chi connectivity index (χ1) is 11.0. The number of nitrogens with two attached hydrogens (primary N) is 1. The number of carbonyl (C=O) groups excluding carboxylic acids is 1. The van der Waals surface area contributed by atoms with Crippen molar-refractivity contribution in [1.82, 2.24) is 4.90 Å². The van der Waals surface area contributed by atoms with E-state index in [2.05, 4.69) is 6.92 Å². The summed E-state index contributed by atoms with van der Waals surface area (Å²) in [4.78, 5) is 14.5. The van der Waals surface area contributed by atoms with Crippen molar-refractivity contribution in [2.75, 3.05) is 12.3 Å². The van der Waals surface area contributed by atoms with Gasteiger partial charge in [-0.1, -0.05) is 24.3 Å². The van der Waals surface area contributed by atoms with Crippen LogP contribution < -0.4 is 5.73 Å². The lowest BCUT2D eigenvalue weighted by Gasteiger charge is -2.21. The van der Waals surface area contributed by atoms with Gasteiger partial charge < -0.3 is 10.6 Å². The van der Waals surface area contributed by atoms with E-state index in [1.54, 1.807) is 0 Å². The van der Waals surface area contributed by atoms with Crippen molar-refractivity contribution in [3.8, 4) is 0 Å². The molecule has 2 N–H and O–H groups in total. The SMILES string of the molecule is CC1CC(c2ccc(F)cc2)CN1C(=O)Cc1ccc(N)cc1.Cl. The fraction of sp³-hybridized carbons (Fsp3) is 0.316. The quantitative estimate of drug-likeness (QED) is 0.858. The molecule has 0 aliphatic carbocycles. The van der Waals surface area contributed by atoms with Crippen LogP contribution in [0.2, 0.25) is 0 Å². The molecular formula is C19H22ClFN2O. The first kappa shape index (κ1) is 18.3. The molecule has 2 atom stereocenters. The van der Waals surface area contributed by atoms with Gasteiger partial charge >= 0.3 is 0 Å². The second-order valence-corrected chi connectivity index (χ2v) is 6.30. The highest BCUT2D eigenvalue weighted by Gasteiger charge is 2.32. The van der Waals surface area contributed by atoms with Crippen LogP contribution in [0.3, 0.4) is 0 Å². The molecular weight excluding hydrogens is 327 g/mol. The van der Waals surface area contributed by atoms with Crippen LogP contribution in [0.25, 0.3) is 0 Å². The van der Waals surface area contributed by atoms with E-state index in [9.17, 15) is 9.18 Å². The zero-order valence-electron chi connectivity index (χ0n) is 13.6. The molecule has 1 amide bonds. The monoisotopic (exact) mass is 348 g/mol. The zero-order valence-corrected chi connectivity index (χ0v) is 14.4. The van der Waals surface area contributed by atoms with Gasteiger partial charge in [0.25, 0.3) is 0 Å². The van der Waals surface area contributed by atoms with Crippen molar-refractivity contribution in [1.29, 1.82) is 0 Å². The van der Waals surface area contributed by atoms with Gasteiger partial charge in [0.15, 0.2) is 0 Å². The van der Waals surface area contributed by atoms with Crippen molar-refractivity contribution in [2.45, 2.75) is 31.7 Å². The molecule has 0 bridgehead atoms. The molecule has 1 fully saturated rings.